The highest BCUT2D eigenvalue weighted by Gasteiger charge is 2.24. The summed E-state index contributed by atoms with van der Waals surface area (Å²) in [5.41, 5.74) is 0.467. The summed E-state index contributed by atoms with van der Waals surface area (Å²) in [4.78, 5) is 24.2. The Morgan fingerprint density at radius 3 is 2.38 bits per heavy atom. The third-order valence-electron chi connectivity index (χ3n) is 2.95. The Morgan fingerprint density at radius 2 is 1.86 bits per heavy atom. The van der Waals surface area contributed by atoms with Crippen molar-refractivity contribution in [2.45, 2.75) is 19.9 Å². The molecule has 2 N–H and O–H groups in total. The van der Waals surface area contributed by atoms with Gasteiger partial charge >= 0.3 is 0 Å². The molecule has 1 aromatic carbocycles. The van der Waals surface area contributed by atoms with Crippen molar-refractivity contribution in [2.24, 2.45) is 5.92 Å². The molecule has 6 heteroatoms. The lowest BCUT2D eigenvalue weighted by Crippen LogP contribution is -2.50. The van der Waals surface area contributed by atoms with E-state index in [1.165, 1.54) is 0 Å². The van der Waals surface area contributed by atoms with Gasteiger partial charge in [0.15, 0.2) is 0 Å². The third kappa shape index (κ3) is 5.73. The molecule has 0 spiro atoms. The SMILES string of the molecule is COCCNC(=O)[C@H](NC(=O)c1ccc(Cl)cc1)C(C)C. The van der Waals surface area contributed by atoms with Crippen LogP contribution in [0.15, 0.2) is 24.3 Å². The van der Waals surface area contributed by atoms with Crippen LogP contribution in [0, 0.1) is 5.92 Å². The van der Waals surface area contributed by atoms with Gasteiger partial charge in [0.1, 0.15) is 6.04 Å². The van der Waals surface area contributed by atoms with Gasteiger partial charge in [-0.15, -0.1) is 0 Å². The highest BCUT2D eigenvalue weighted by molar-refractivity contribution is 6.30. The Kier molecular flexibility index (Phi) is 7.19. The number of carbonyl (C=O) groups is 2. The van der Waals surface area contributed by atoms with E-state index in [0.717, 1.165) is 0 Å². The molecule has 0 radical (unpaired) electrons. The van der Waals surface area contributed by atoms with Gasteiger partial charge in [0.2, 0.25) is 5.91 Å². The first-order chi connectivity index (χ1) is 9.95. The number of halogens is 1. The fraction of sp³-hybridized carbons (Fsp3) is 0.467. The molecule has 0 saturated heterocycles. The lowest BCUT2D eigenvalue weighted by Gasteiger charge is -2.21. The average Bonchev–Trinajstić information content (AvgIpc) is 2.45. The van der Waals surface area contributed by atoms with E-state index < -0.39 is 6.04 Å². The molecule has 116 valence electrons. The normalized spacial score (nSPS) is 12.0. The number of carbonyl (C=O) groups excluding carboxylic acids is 2. The molecule has 0 aliphatic heterocycles. The zero-order chi connectivity index (χ0) is 15.8. The maximum Gasteiger partial charge on any atom is 0.251 e. The molecule has 0 heterocycles. The second-order valence-electron chi connectivity index (χ2n) is 4.99. The number of benzene rings is 1. The summed E-state index contributed by atoms with van der Waals surface area (Å²) in [5, 5.41) is 6.03. The van der Waals surface area contributed by atoms with Crippen LogP contribution in [0.1, 0.15) is 24.2 Å². The first kappa shape index (κ1) is 17.5. The molecule has 0 aliphatic rings. The van der Waals surface area contributed by atoms with Crippen LogP contribution in [0.2, 0.25) is 5.02 Å². The predicted molar refractivity (Wildman–Crippen MR) is 82.4 cm³/mol. The summed E-state index contributed by atoms with van der Waals surface area (Å²) in [6.45, 7) is 4.60. The molecule has 5 nitrogen and oxygen atoms in total. The molecule has 0 unspecified atom stereocenters. The van der Waals surface area contributed by atoms with E-state index in [4.69, 9.17) is 16.3 Å². The topological polar surface area (TPSA) is 67.4 Å². The van der Waals surface area contributed by atoms with E-state index in [2.05, 4.69) is 10.6 Å². The van der Waals surface area contributed by atoms with Gasteiger partial charge in [-0.05, 0) is 30.2 Å². The number of nitrogens with one attached hydrogen (secondary N) is 2. The Bertz CT molecular complexity index is 474. The van der Waals surface area contributed by atoms with E-state index in [1.54, 1.807) is 31.4 Å². The second-order valence-corrected chi connectivity index (χ2v) is 5.42. The van der Waals surface area contributed by atoms with Crippen molar-refractivity contribution in [3.05, 3.63) is 34.9 Å². The highest BCUT2D eigenvalue weighted by atomic mass is 35.5. The van der Waals surface area contributed by atoms with Crippen molar-refractivity contribution in [1.82, 2.24) is 10.6 Å². The number of hydrogen-bond acceptors (Lipinski definition) is 3. The molecule has 0 fully saturated rings. The Morgan fingerprint density at radius 1 is 1.24 bits per heavy atom. The molecular formula is C15H21ClN2O3. The van der Waals surface area contributed by atoms with E-state index in [0.29, 0.717) is 23.7 Å². The molecule has 0 bridgehead atoms. The lowest BCUT2D eigenvalue weighted by molar-refractivity contribution is -0.124. The van der Waals surface area contributed by atoms with E-state index in [1.807, 2.05) is 13.8 Å². The molecule has 0 aromatic heterocycles. The van der Waals surface area contributed by atoms with Gasteiger partial charge in [0.25, 0.3) is 5.91 Å². The molecule has 0 saturated carbocycles. The average molecular weight is 313 g/mol. The largest absolute Gasteiger partial charge is 0.383 e. The van der Waals surface area contributed by atoms with Gasteiger partial charge in [0.05, 0.1) is 6.61 Å². The van der Waals surface area contributed by atoms with Crippen molar-refractivity contribution in [3.8, 4) is 0 Å². The summed E-state index contributed by atoms with van der Waals surface area (Å²) < 4.78 is 4.88. The van der Waals surface area contributed by atoms with Crippen LogP contribution in [0.4, 0.5) is 0 Å². The zero-order valence-corrected chi connectivity index (χ0v) is 13.2. The minimum atomic E-state index is -0.593. The minimum Gasteiger partial charge on any atom is -0.383 e. The second kappa shape index (κ2) is 8.64. The van der Waals surface area contributed by atoms with E-state index in [9.17, 15) is 9.59 Å². The van der Waals surface area contributed by atoms with Crippen LogP contribution in [0.3, 0.4) is 0 Å². The summed E-state index contributed by atoms with van der Waals surface area (Å²) in [5.74, 6) is -0.541. The smallest absolute Gasteiger partial charge is 0.251 e. The number of ether oxygens (including phenoxy) is 1. The van der Waals surface area contributed by atoms with Gasteiger partial charge in [-0.3, -0.25) is 9.59 Å². The summed E-state index contributed by atoms with van der Waals surface area (Å²) in [6, 6.07) is 5.93. The number of amides is 2. The minimum absolute atomic E-state index is 0.0243. The van der Waals surface area contributed by atoms with Gasteiger partial charge < -0.3 is 15.4 Å². The van der Waals surface area contributed by atoms with Crippen LogP contribution in [-0.2, 0) is 9.53 Å². The van der Waals surface area contributed by atoms with Crippen LogP contribution in [0.5, 0.6) is 0 Å². The fourth-order valence-corrected chi connectivity index (χ4v) is 1.87. The number of hydrogen-bond donors (Lipinski definition) is 2. The molecular weight excluding hydrogens is 292 g/mol. The monoisotopic (exact) mass is 312 g/mol. The number of methoxy groups -OCH3 is 1. The summed E-state index contributed by atoms with van der Waals surface area (Å²) >= 11 is 5.79. The number of rotatable bonds is 7. The first-order valence-corrected chi connectivity index (χ1v) is 7.16. The maximum absolute atomic E-state index is 12.1. The highest BCUT2D eigenvalue weighted by Crippen LogP contribution is 2.10. The van der Waals surface area contributed by atoms with Crippen LogP contribution in [-0.4, -0.2) is 38.1 Å². The quantitative estimate of drug-likeness (QED) is 0.755. The molecule has 1 atom stereocenters. The Hall–Kier alpha value is -1.59. The van der Waals surface area contributed by atoms with Crippen molar-refractivity contribution in [1.29, 1.82) is 0 Å². The summed E-state index contributed by atoms with van der Waals surface area (Å²) in [7, 11) is 1.56. The van der Waals surface area contributed by atoms with Crippen molar-refractivity contribution in [2.75, 3.05) is 20.3 Å². The molecule has 1 aromatic rings. The standard InChI is InChI=1S/C15H21ClN2O3/c1-10(2)13(15(20)17-8-9-21-3)18-14(19)11-4-6-12(16)7-5-11/h4-7,10,13H,8-9H2,1-3H3,(H,17,20)(H,18,19)/t13-/m1/s1. The van der Waals surface area contributed by atoms with Crippen LogP contribution in [0.25, 0.3) is 0 Å². The maximum atomic E-state index is 12.1. The Labute approximate surface area is 130 Å². The van der Waals surface area contributed by atoms with Crippen molar-refractivity contribution >= 4 is 23.4 Å². The predicted octanol–water partition coefficient (Wildman–Crippen LogP) is 1.86. The summed E-state index contributed by atoms with van der Waals surface area (Å²) in [6.07, 6.45) is 0. The van der Waals surface area contributed by atoms with E-state index in [-0.39, 0.29) is 17.7 Å². The fourth-order valence-electron chi connectivity index (χ4n) is 1.75. The van der Waals surface area contributed by atoms with Crippen LogP contribution >= 0.6 is 11.6 Å². The van der Waals surface area contributed by atoms with Gasteiger partial charge in [-0.2, -0.15) is 0 Å². The van der Waals surface area contributed by atoms with Gasteiger partial charge in [-0.1, -0.05) is 25.4 Å². The molecule has 1 rings (SSSR count). The molecule has 0 aliphatic carbocycles. The molecule has 2 amide bonds. The van der Waals surface area contributed by atoms with E-state index >= 15 is 0 Å². The van der Waals surface area contributed by atoms with Crippen molar-refractivity contribution < 1.29 is 14.3 Å². The van der Waals surface area contributed by atoms with Crippen LogP contribution < -0.4 is 10.6 Å². The van der Waals surface area contributed by atoms with Crippen molar-refractivity contribution in [3.63, 3.8) is 0 Å². The first-order valence-electron chi connectivity index (χ1n) is 6.78. The lowest BCUT2D eigenvalue weighted by atomic mass is 10.0. The van der Waals surface area contributed by atoms with Gasteiger partial charge in [-0.25, -0.2) is 0 Å². The molecule has 21 heavy (non-hydrogen) atoms. The van der Waals surface area contributed by atoms with Gasteiger partial charge in [0, 0.05) is 24.2 Å². The zero-order valence-electron chi connectivity index (χ0n) is 12.5. The Balaban J connectivity index is 2.67. The third-order valence-corrected chi connectivity index (χ3v) is 3.20.